The molecule has 0 radical (unpaired) electrons. The summed E-state index contributed by atoms with van der Waals surface area (Å²) in [6, 6.07) is 15.4. The number of nitro benzene ring substituents is 1. The molecule has 3 heterocycles. The number of para-hydroxylation sites is 2. The van der Waals surface area contributed by atoms with E-state index < -0.39 is 4.92 Å². The lowest BCUT2D eigenvalue weighted by Gasteiger charge is -2.18. The third-order valence-electron chi connectivity index (χ3n) is 5.22. The number of amides is 1. The minimum absolute atomic E-state index is 0.0295. The molecular formula is C24H18N6O4S. The first-order chi connectivity index (χ1) is 17.0. The third-order valence-corrected chi connectivity index (χ3v) is 6.03. The lowest BCUT2D eigenvalue weighted by Crippen LogP contribution is -2.25. The number of hydrogen-bond acceptors (Lipinski definition) is 8. The van der Waals surface area contributed by atoms with Crippen molar-refractivity contribution < 1.29 is 14.5 Å². The Morgan fingerprint density at radius 3 is 2.89 bits per heavy atom. The Bertz CT molecular complexity index is 1540. The van der Waals surface area contributed by atoms with E-state index in [1.54, 1.807) is 47.4 Å². The summed E-state index contributed by atoms with van der Waals surface area (Å²) in [5.41, 5.74) is 3.63. The van der Waals surface area contributed by atoms with Crippen LogP contribution in [0, 0.1) is 10.1 Å². The summed E-state index contributed by atoms with van der Waals surface area (Å²) in [6.45, 7) is 1.82. The number of thiazole rings is 1. The number of fused-ring (bicyclic) bond motifs is 1. The van der Waals surface area contributed by atoms with Gasteiger partial charge in [-0.25, -0.2) is 9.67 Å². The summed E-state index contributed by atoms with van der Waals surface area (Å²) in [6.07, 6.45) is 3.38. The minimum atomic E-state index is -0.464. The van der Waals surface area contributed by atoms with Gasteiger partial charge in [0.2, 0.25) is 4.80 Å². The maximum Gasteiger partial charge on any atom is 0.294 e. The van der Waals surface area contributed by atoms with Gasteiger partial charge in [-0.05, 0) is 37.3 Å². The van der Waals surface area contributed by atoms with Crippen molar-refractivity contribution in [2.45, 2.75) is 6.92 Å². The van der Waals surface area contributed by atoms with Gasteiger partial charge in [-0.1, -0.05) is 18.2 Å². The van der Waals surface area contributed by atoms with Crippen molar-refractivity contribution in [1.29, 1.82) is 0 Å². The maximum atomic E-state index is 11.8. The lowest BCUT2D eigenvalue weighted by molar-refractivity contribution is -0.384. The summed E-state index contributed by atoms with van der Waals surface area (Å²) in [4.78, 5) is 32.0. The van der Waals surface area contributed by atoms with Crippen molar-refractivity contribution in [3.8, 4) is 17.0 Å². The van der Waals surface area contributed by atoms with Crippen molar-refractivity contribution in [2.75, 3.05) is 11.9 Å². The Morgan fingerprint density at radius 1 is 1.23 bits per heavy atom. The largest absolute Gasteiger partial charge is 0.482 e. The molecule has 1 N–H and O–H groups in total. The number of ether oxygens (including phenoxy) is 1. The van der Waals surface area contributed by atoms with Gasteiger partial charge in [-0.3, -0.25) is 19.9 Å². The van der Waals surface area contributed by atoms with Gasteiger partial charge < -0.3 is 10.1 Å². The molecule has 35 heavy (non-hydrogen) atoms. The number of nitrogens with zero attached hydrogens (tertiary/aromatic N) is 5. The van der Waals surface area contributed by atoms with Crippen LogP contribution in [0.4, 0.5) is 17.1 Å². The van der Waals surface area contributed by atoms with E-state index in [1.165, 1.54) is 17.4 Å². The minimum Gasteiger partial charge on any atom is -0.482 e. The first-order valence-electron chi connectivity index (χ1n) is 10.5. The molecule has 0 spiro atoms. The molecule has 0 fully saturated rings. The van der Waals surface area contributed by atoms with Gasteiger partial charge in [0.1, 0.15) is 11.4 Å². The third kappa shape index (κ3) is 4.57. The van der Waals surface area contributed by atoms with E-state index in [2.05, 4.69) is 15.3 Å². The molecule has 2 aromatic carbocycles. The number of aromatic nitrogens is 2. The maximum absolute atomic E-state index is 11.8. The molecule has 10 nitrogen and oxygen atoms in total. The van der Waals surface area contributed by atoms with Gasteiger partial charge in [-0.15, -0.1) is 11.3 Å². The Hall–Kier alpha value is -4.64. The van der Waals surface area contributed by atoms with Gasteiger partial charge in [0, 0.05) is 35.0 Å². The number of benzene rings is 2. The molecule has 2 aromatic heterocycles. The van der Waals surface area contributed by atoms with Crippen LogP contribution in [0.2, 0.25) is 0 Å². The molecule has 0 atom stereocenters. The zero-order chi connectivity index (χ0) is 24.4. The van der Waals surface area contributed by atoms with Crippen molar-refractivity contribution in [3.05, 3.63) is 92.9 Å². The van der Waals surface area contributed by atoms with Crippen LogP contribution >= 0.6 is 11.3 Å². The van der Waals surface area contributed by atoms with Crippen LogP contribution in [0.5, 0.6) is 5.75 Å². The second-order valence-electron chi connectivity index (χ2n) is 7.55. The highest BCUT2D eigenvalue weighted by Gasteiger charge is 2.19. The number of hydrogen-bond donors (Lipinski definition) is 1. The van der Waals surface area contributed by atoms with Crippen molar-refractivity contribution in [1.82, 2.24) is 9.66 Å². The number of pyridine rings is 1. The average Bonchev–Trinajstić information content (AvgIpc) is 3.26. The fourth-order valence-corrected chi connectivity index (χ4v) is 4.36. The van der Waals surface area contributed by atoms with Gasteiger partial charge in [0.05, 0.1) is 22.0 Å². The van der Waals surface area contributed by atoms with Gasteiger partial charge in [0.25, 0.3) is 11.6 Å². The zero-order valence-electron chi connectivity index (χ0n) is 18.4. The van der Waals surface area contributed by atoms with Crippen LogP contribution in [-0.4, -0.2) is 32.8 Å². The number of nitro groups is 1. The van der Waals surface area contributed by atoms with Crippen LogP contribution in [-0.2, 0) is 4.79 Å². The zero-order valence-corrected chi connectivity index (χ0v) is 19.2. The molecule has 174 valence electrons. The molecule has 0 saturated heterocycles. The summed E-state index contributed by atoms with van der Waals surface area (Å²) in [5.74, 6) is 0.348. The molecule has 1 aliphatic rings. The van der Waals surface area contributed by atoms with E-state index in [0.29, 0.717) is 27.6 Å². The Kier molecular flexibility index (Phi) is 5.90. The van der Waals surface area contributed by atoms with Crippen molar-refractivity contribution in [2.24, 2.45) is 10.1 Å². The lowest BCUT2D eigenvalue weighted by atomic mass is 10.1. The monoisotopic (exact) mass is 486 g/mol. The predicted molar refractivity (Wildman–Crippen MR) is 132 cm³/mol. The summed E-state index contributed by atoms with van der Waals surface area (Å²) < 4.78 is 7.10. The van der Waals surface area contributed by atoms with E-state index >= 15 is 0 Å². The fourth-order valence-electron chi connectivity index (χ4n) is 3.52. The molecule has 0 unspecified atom stereocenters. The number of anilines is 1. The summed E-state index contributed by atoms with van der Waals surface area (Å²) in [7, 11) is 0. The molecule has 0 bridgehead atoms. The highest BCUT2D eigenvalue weighted by atomic mass is 32.1. The van der Waals surface area contributed by atoms with Gasteiger partial charge in [0.15, 0.2) is 6.61 Å². The Balaban J connectivity index is 1.70. The Labute approximate surface area is 203 Å². The Morgan fingerprint density at radius 2 is 2.09 bits per heavy atom. The quantitative estimate of drug-likeness (QED) is 0.255. The molecule has 0 saturated carbocycles. The average molecular weight is 487 g/mol. The van der Waals surface area contributed by atoms with E-state index in [4.69, 9.17) is 9.84 Å². The SMILES string of the molecule is CC(=Nn1c(-c2ccc3c(c2)NC(=O)CO3)csc1=Nc1ccccc1[N+](=O)[O-])c1cccnc1. The topological polar surface area (TPSA) is 124 Å². The predicted octanol–water partition coefficient (Wildman–Crippen LogP) is 4.36. The van der Waals surface area contributed by atoms with Crippen molar-refractivity contribution >= 4 is 40.0 Å². The highest BCUT2D eigenvalue weighted by molar-refractivity contribution is 7.07. The summed E-state index contributed by atoms with van der Waals surface area (Å²) in [5, 5.41) is 21.0. The molecule has 5 rings (SSSR count). The molecule has 0 aliphatic carbocycles. The highest BCUT2D eigenvalue weighted by Crippen LogP contribution is 2.33. The standard InChI is InChI=1S/C24H18N6O4S/c1-15(17-5-4-10-25-12-17)28-29-21(16-8-9-22-19(11-16)26-23(31)13-34-22)14-35-24(29)27-18-6-2-3-7-20(18)30(32)33/h2-12,14H,13H2,1H3,(H,26,31). The second kappa shape index (κ2) is 9.31. The van der Waals surface area contributed by atoms with Gasteiger partial charge >= 0.3 is 0 Å². The second-order valence-corrected chi connectivity index (χ2v) is 8.38. The number of carbonyl (C=O) groups is 1. The smallest absolute Gasteiger partial charge is 0.294 e. The summed E-state index contributed by atoms with van der Waals surface area (Å²) >= 11 is 1.29. The number of rotatable bonds is 5. The van der Waals surface area contributed by atoms with E-state index in [-0.39, 0.29) is 23.9 Å². The van der Waals surface area contributed by atoms with Crippen LogP contribution in [0.15, 0.2) is 82.5 Å². The normalized spacial score (nSPS) is 13.7. The molecule has 11 heteroatoms. The van der Waals surface area contributed by atoms with E-state index in [0.717, 1.165) is 11.1 Å². The molecule has 1 aliphatic heterocycles. The number of nitrogens with one attached hydrogen (secondary N) is 1. The molecule has 4 aromatic rings. The van der Waals surface area contributed by atoms with E-state index in [1.807, 2.05) is 30.5 Å². The molecular weight excluding hydrogens is 468 g/mol. The first kappa shape index (κ1) is 22.2. The fraction of sp³-hybridized carbons (Fsp3) is 0.0833. The molecule has 1 amide bonds. The van der Waals surface area contributed by atoms with Crippen LogP contribution in [0.3, 0.4) is 0 Å². The van der Waals surface area contributed by atoms with Crippen LogP contribution in [0.1, 0.15) is 12.5 Å². The van der Waals surface area contributed by atoms with E-state index in [9.17, 15) is 14.9 Å². The number of carbonyl (C=O) groups excluding carboxylic acids is 1. The van der Waals surface area contributed by atoms with Crippen molar-refractivity contribution in [3.63, 3.8) is 0 Å². The first-order valence-corrected chi connectivity index (χ1v) is 11.4. The van der Waals surface area contributed by atoms with Crippen LogP contribution < -0.4 is 14.9 Å². The van der Waals surface area contributed by atoms with Crippen LogP contribution in [0.25, 0.3) is 11.3 Å². The van der Waals surface area contributed by atoms with Gasteiger partial charge in [-0.2, -0.15) is 5.10 Å².